The summed E-state index contributed by atoms with van der Waals surface area (Å²) in [5.74, 6) is -0.527. The molecule has 1 aliphatic carbocycles. The molecule has 0 atom stereocenters. The van der Waals surface area contributed by atoms with Gasteiger partial charge in [0.05, 0.1) is 9.79 Å². The van der Waals surface area contributed by atoms with E-state index < -0.39 is 9.84 Å². The molecule has 1 saturated carbocycles. The van der Waals surface area contributed by atoms with Crippen molar-refractivity contribution in [2.45, 2.75) is 47.9 Å². The number of fused-ring (bicyclic) bond motifs is 2. The molecule has 1 aliphatic heterocycles. The molecule has 0 aromatic heterocycles. The average molecular weight is 383 g/mol. The number of benzene rings is 2. The highest BCUT2D eigenvalue weighted by atomic mass is 32.2. The second-order valence-corrected chi connectivity index (χ2v) is 9.13. The Hall–Kier alpha value is -2.47. The molecule has 2 aliphatic rings. The van der Waals surface area contributed by atoms with Gasteiger partial charge in [0.15, 0.2) is 5.78 Å². The van der Waals surface area contributed by atoms with E-state index >= 15 is 0 Å². The number of rotatable bonds is 2. The van der Waals surface area contributed by atoms with E-state index in [-0.39, 0.29) is 38.7 Å². The van der Waals surface area contributed by atoms with Crippen molar-refractivity contribution in [3.8, 4) is 0 Å². The fourth-order valence-corrected chi connectivity index (χ4v) is 5.73. The summed E-state index contributed by atoms with van der Waals surface area (Å²) >= 11 is 0. The van der Waals surface area contributed by atoms with Crippen molar-refractivity contribution in [3.05, 3.63) is 59.2 Å². The summed E-state index contributed by atoms with van der Waals surface area (Å²) in [5.41, 5.74) is 0.617. The van der Waals surface area contributed by atoms with Gasteiger partial charge in [-0.2, -0.15) is 0 Å². The van der Waals surface area contributed by atoms with E-state index in [1.54, 1.807) is 30.1 Å². The molecule has 4 rings (SSSR count). The van der Waals surface area contributed by atoms with Crippen LogP contribution in [0, 0.1) is 0 Å². The Balaban J connectivity index is 1.74. The van der Waals surface area contributed by atoms with Crippen molar-refractivity contribution < 1.29 is 18.0 Å². The lowest BCUT2D eigenvalue weighted by molar-refractivity contribution is 0.0695. The molecular formula is C21H21NO4S. The van der Waals surface area contributed by atoms with Crippen LogP contribution in [-0.2, 0) is 9.84 Å². The Morgan fingerprint density at radius 3 is 2.37 bits per heavy atom. The van der Waals surface area contributed by atoms with E-state index in [9.17, 15) is 18.0 Å². The number of hydrogen-bond acceptors (Lipinski definition) is 4. The lowest BCUT2D eigenvalue weighted by Gasteiger charge is -2.31. The summed E-state index contributed by atoms with van der Waals surface area (Å²) < 4.78 is 26.0. The SMILES string of the molecule is CN(C(=O)c1ccc2c(c1)S(=O)(=O)c1ccccc1C2=O)C1CCCCC1. The zero-order valence-electron chi connectivity index (χ0n) is 15.1. The minimum Gasteiger partial charge on any atom is -0.339 e. The van der Waals surface area contributed by atoms with Gasteiger partial charge in [-0.25, -0.2) is 8.42 Å². The fraction of sp³-hybridized carbons (Fsp3) is 0.333. The summed E-state index contributed by atoms with van der Waals surface area (Å²) in [4.78, 5) is 27.3. The summed E-state index contributed by atoms with van der Waals surface area (Å²) in [7, 11) is -2.06. The van der Waals surface area contributed by atoms with Crippen molar-refractivity contribution >= 4 is 21.5 Å². The van der Waals surface area contributed by atoms with Gasteiger partial charge in [0.1, 0.15) is 0 Å². The second kappa shape index (κ2) is 6.60. The Bertz CT molecular complexity index is 1040. The number of sulfone groups is 1. The van der Waals surface area contributed by atoms with Gasteiger partial charge in [-0.15, -0.1) is 0 Å². The Labute approximate surface area is 158 Å². The minimum absolute atomic E-state index is 0.00716. The van der Waals surface area contributed by atoms with Gasteiger partial charge in [0.25, 0.3) is 5.91 Å². The third-order valence-corrected chi connectivity index (χ3v) is 7.48. The van der Waals surface area contributed by atoms with Crippen molar-refractivity contribution in [1.29, 1.82) is 0 Å². The molecule has 5 nitrogen and oxygen atoms in total. The highest BCUT2D eigenvalue weighted by molar-refractivity contribution is 7.91. The number of ketones is 1. The van der Waals surface area contributed by atoms with Crippen molar-refractivity contribution in [1.82, 2.24) is 4.90 Å². The smallest absolute Gasteiger partial charge is 0.253 e. The number of nitrogens with zero attached hydrogens (tertiary/aromatic N) is 1. The third-order valence-electron chi connectivity index (χ3n) is 5.63. The van der Waals surface area contributed by atoms with Crippen LogP contribution in [0.1, 0.15) is 58.4 Å². The maximum atomic E-state index is 13.0. The molecule has 6 heteroatoms. The molecule has 0 saturated heterocycles. The van der Waals surface area contributed by atoms with Crippen molar-refractivity contribution in [2.24, 2.45) is 0 Å². The van der Waals surface area contributed by atoms with Crippen LogP contribution >= 0.6 is 0 Å². The topological polar surface area (TPSA) is 71.5 Å². The van der Waals surface area contributed by atoms with Crippen LogP contribution in [0.25, 0.3) is 0 Å². The van der Waals surface area contributed by atoms with Crippen LogP contribution in [0.5, 0.6) is 0 Å². The summed E-state index contributed by atoms with van der Waals surface area (Å²) in [6.07, 6.45) is 5.34. The van der Waals surface area contributed by atoms with Crippen LogP contribution in [0.3, 0.4) is 0 Å². The van der Waals surface area contributed by atoms with E-state index in [2.05, 4.69) is 0 Å². The zero-order chi connectivity index (χ0) is 19.2. The van der Waals surface area contributed by atoms with E-state index in [1.807, 2.05) is 0 Å². The predicted octanol–water partition coefficient (Wildman–Crippen LogP) is 3.47. The van der Waals surface area contributed by atoms with Gasteiger partial charge >= 0.3 is 0 Å². The van der Waals surface area contributed by atoms with Crippen LogP contribution in [0.15, 0.2) is 52.3 Å². The molecule has 0 spiro atoms. The second-order valence-electron chi connectivity index (χ2n) is 7.25. The summed E-state index contributed by atoms with van der Waals surface area (Å²) in [6.45, 7) is 0. The molecule has 2 aromatic rings. The van der Waals surface area contributed by atoms with Crippen molar-refractivity contribution in [3.63, 3.8) is 0 Å². The predicted molar refractivity (Wildman–Crippen MR) is 101 cm³/mol. The van der Waals surface area contributed by atoms with Gasteiger partial charge in [-0.05, 0) is 43.2 Å². The number of amides is 1. The normalized spacial score (nSPS) is 18.5. The lowest BCUT2D eigenvalue weighted by Crippen LogP contribution is -2.38. The van der Waals surface area contributed by atoms with Gasteiger partial charge in [-0.3, -0.25) is 9.59 Å². The maximum absolute atomic E-state index is 13.0. The van der Waals surface area contributed by atoms with Gasteiger partial charge in [0.2, 0.25) is 9.84 Å². The van der Waals surface area contributed by atoms with Gasteiger partial charge < -0.3 is 4.90 Å². The van der Waals surface area contributed by atoms with E-state index in [0.29, 0.717) is 5.56 Å². The molecule has 1 fully saturated rings. The largest absolute Gasteiger partial charge is 0.339 e. The number of carbonyl (C=O) groups is 2. The standard InChI is InChI=1S/C21H21NO4S/c1-22(15-7-3-2-4-8-15)21(24)14-11-12-17-19(13-14)27(25,26)18-10-6-5-9-16(18)20(17)23/h5-6,9-13,15H,2-4,7-8H2,1H3. The first-order chi connectivity index (χ1) is 12.9. The Morgan fingerprint density at radius 1 is 0.963 bits per heavy atom. The van der Waals surface area contributed by atoms with Gasteiger partial charge in [-0.1, -0.05) is 31.4 Å². The van der Waals surface area contributed by atoms with Crippen LogP contribution in [0.4, 0.5) is 0 Å². The highest BCUT2D eigenvalue weighted by Crippen LogP contribution is 2.35. The van der Waals surface area contributed by atoms with Crippen LogP contribution < -0.4 is 0 Å². The van der Waals surface area contributed by atoms with Crippen LogP contribution in [-0.4, -0.2) is 38.1 Å². The molecule has 0 N–H and O–H groups in total. The van der Waals surface area contributed by atoms with E-state index in [1.165, 1.54) is 30.7 Å². The first-order valence-electron chi connectivity index (χ1n) is 9.21. The highest BCUT2D eigenvalue weighted by Gasteiger charge is 2.35. The third kappa shape index (κ3) is 2.88. The maximum Gasteiger partial charge on any atom is 0.253 e. The van der Waals surface area contributed by atoms with E-state index in [0.717, 1.165) is 25.7 Å². The quantitative estimate of drug-likeness (QED) is 0.679. The molecule has 27 heavy (non-hydrogen) atoms. The number of carbonyl (C=O) groups excluding carboxylic acids is 2. The molecule has 1 heterocycles. The Morgan fingerprint density at radius 2 is 1.63 bits per heavy atom. The molecule has 0 bridgehead atoms. The van der Waals surface area contributed by atoms with Crippen molar-refractivity contribution in [2.75, 3.05) is 7.05 Å². The molecular weight excluding hydrogens is 362 g/mol. The van der Waals surface area contributed by atoms with E-state index in [4.69, 9.17) is 0 Å². The monoisotopic (exact) mass is 383 g/mol. The average Bonchev–Trinajstić information content (AvgIpc) is 2.71. The molecule has 0 unspecified atom stereocenters. The fourth-order valence-electron chi connectivity index (χ4n) is 4.06. The van der Waals surface area contributed by atoms with Crippen LogP contribution in [0.2, 0.25) is 0 Å². The summed E-state index contributed by atoms with van der Waals surface area (Å²) in [6, 6.07) is 10.8. The first-order valence-corrected chi connectivity index (χ1v) is 10.7. The lowest BCUT2D eigenvalue weighted by atomic mass is 9.94. The van der Waals surface area contributed by atoms with Gasteiger partial charge in [0, 0.05) is 29.8 Å². The summed E-state index contributed by atoms with van der Waals surface area (Å²) in [5, 5.41) is 0. The molecule has 140 valence electrons. The zero-order valence-corrected chi connectivity index (χ0v) is 16.0. The Kier molecular flexibility index (Phi) is 4.38. The minimum atomic E-state index is -3.83. The molecule has 2 aromatic carbocycles. The molecule has 1 amide bonds. The number of hydrogen-bond donors (Lipinski definition) is 0. The first kappa shape index (κ1) is 17.9. The molecule has 0 radical (unpaired) electrons.